The van der Waals surface area contributed by atoms with E-state index in [-0.39, 0.29) is 13.4 Å². The molecule has 0 saturated carbocycles. The molecule has 4 heteroatoms. The average molecular weight is 229 g/mol. The maximum absolute atomic E-state index is 8.98. The van der Waals surface area contributed by atoms with Crippen molar-refractivity contribution in [2.75, 3.05) is 13.4 Å². The summed E-state index contributed by atoms with van der Waals surface area (Å²) in [5.74, 6) is 1.49. The van der Waals surface area contributed by atoms with Gasteiger partial charge >= 0.3 is 0 Å². The molecule has 0 bridgehead atoms. The molecule has 0 aliphatic carbocycles. The summed E-state index contributed by atoms with van der Waals surface area (Å²) in [6.45, 7) is 2.38. The highest BCUT2D eigenvalue weighted by Crippen LogP contribution is 2.41. The van der Waals surface area contributed by atoms with Crippen LogP contribution >= 0.6 is 11.6 Å². The van der Waals surface area contributed by atoms with E-state index in [9.17, 15) is 0 Å². The van der Waals surface area contributed by atoms with Crippen molar-refractivity contribution in [2.24, 2.45) is 0 Å². The highest BCUT2D eigenvalue weighted by atomic mass is 35.5. The zero-order valence-corrected chi connectivity index (χ0v) is 9.30. The Hall–Kier alpha value is -0.930. The zero-order valence-electron chi connectivity index (χ0n) is 8.55. The minimum Gasteiger partial charge on any atom is -0.454 e. The quantitative estimate of drug-likeness (QED) is 0.862. The number of aliphatic hydroxyl groups is 1. The second-order valence-corrected chi connectivity index (χ2v) is 3.78. The van der Waals surface area contributed by atoms with Crippen LogP contribution in [-0.4, -0.2) is 18.5 Å². The van der Waals surface area contributed by atoms with Crippen molar-refractivity contribution in [2.45, 2.75) is 19.8 Å². The zero-order chi connectivity index (χ0) is 10.8. The highest BCUT2D eigenvalue weighted by Gasteiger charge is 2.22. The normalized spacial score (nSPS) is 13.3. The Morgan fingerprint density at radius 2 is 2.20 bits per heavy atom. The minimum atomic E-state index is 0.0896. The second-order valence-electron chi connectivity index (χ2n) is 3.38. The lowest BCUT2D eigenvalue weighted by Crippen LogP contribution is -2.00. The van der Waals surface area contributed by atoms with Crippen LogP contribution in [0.5, 0.6) is 11.5 Å². The predicted molar refractivity (Wildman–Crippen MR) is 57.7 cm³/mol. The van der Waals surface area contributed by atoms with E-state index in [1.807, 2.05) is 6.92 Å². The summed E-state index contributed by atoms with van der Waals surface area (Å²) in [5, 5.41) is 9.63. The van der Waals surface area contributed by atoms with Gasteiger partial charge in [0.25, 0.3) is 0 Å². The summed E-state index contributed by atoms with van der Waals surface area (Å²) >= 11 is 6.12. The molecule has 0 atom stereocenters. The highest BCUT2D eigenvalue weighted by molar-refractivity contribution is 6.31. The van der Waals surface area contributed by atoms with E-state index in [4.69, 9.17) is 26.2 Å². The van der Waals surface area contributed by atoms with Crippen LogP contribution in [-0.2, 0) is 12.8 Å². The van der Waals surface area contributed by atoms with Crippen molar-refractivity contribution >= 4 is 11.6 Å². The fourth-order valence-corrected chi connectivity index (χ4v) is 2.18. The van der Waals surface area contributed by atoms with Crippen molar-refractivity contribution < 1.29 is 14.6 Å². The van der Waals surface area contributed by atoms with Crippen molar-refractivity contribution in [3.8, 4) is 11.5 Å². The van der Waals surface area contributed by atoms with Gasteiger partial charge in [-0.15, -0.1) is 0 Å². The lowest BCUT2D eigenvalue weighted by atomic mass is 10.0. The number of aliphatic hydroxyl groups excluding tert-OH is 1. The molecule has 0 radical (unpaired) electrons. The van der Waals surface area contributed by atoms with Crippen molar-refractivity contribution in [1.29, 1.82) is 0 Å². The summed E-state index contributed by atoms with van der Waals surface area (Å²) < 4.78 is 10.7. The predicted octanol–water partition coefficient (Wildman–Crippen LogP) is 2.17. The third kappa shape index (κ3) is 1.77. The Morgan fingerprint density at radius 3 is 2.87 bits per heavy atom. The van der Waals surface area contributed by atoms with Gasteiger partial charge in [-0.25, -0.2) is 0 Å². The summed E-state index contributed by atoms with van der Waals surface area (Å²) in [4.78, 5) is 0. The number of halogens is 1. The summed E-state index contributed by atoms with van der Waals surface area (Å²) in [5.41, 5.74) is 2.01. The molecule has 0 aromatic heterocycles. The first-order chi connectivity index (χ1) is 7.27. The van der Waals surface area contributed by atoms with Gasteiger partial charge in [-0.2, -0.15) is 0 Å². The van der Waals surface area contributed by atoms with Gasteiger partial charge in [-0.1, -0.05) is 18.5 Å². The van der Waals surface area contributed by atoms with E-state index < -0.39 is 0 Å². The molecule has 1 aromatic rings. The molecule has 1 aliphatic rings. The van der Waals surface area contributed by atoms with Crippen LogP contribution in [0.1, 0.15) is 18.1 Å². The topological polar surface area (TPSA) is 38.7 Å². The molecule has 1 aliphatic heterocycles. The van der Waals surface area contributed by atoms with Crippen LogP contribution in [0, 0.1) is 0 Å². The van der Waals surface area contributed by atoms with Gasteiger partial charge in [0.2, 0.25) is 6.79 Å². The lowest BCUT2D eigenvalue weighted by Gasteiger charge is -2.11. The molecule has 3 nitrogen and oxygen atoms in total. The lowest BCUT2D eigenvalue weighted by molar-refractivity contribution is 0.173. The molecule has 0 amide bonds. The van der Waals surface area contributed by atoms with E-state index >= 15 is 0 Å². The molecule has 1 N–H and O–H groups in total. The van der Waals surface area contributed by atoms with Gasteiger partial charge in [-0.05, 0) is 18.4 Å². The molecule has 1 aromatic carbocycles. The molecule has 0 unspecified atom stereocenters. The van der Waals surface area contributed by atoms with E-state index in [1.165, 1.54) is 0 Å². The van der Waals surface area contributed by atoms with Gasteiger partial charge in [0.15, 0.2) is 11.5 Å². The number of fused-ring (bicyclic) bond motifs is 1. The van der Waals surface area contributed by atoms with Crippen LogP contribution in [0.25, 0.3) is 0 Å². The summed E-state index contributed by atoms with van der Waals surface area (Å²) in [6.07, 6.45) is 1.38. The Kier molecular flexibility index (Phi) is 3.03. The molecular weight excluding hydrogens is 216 g/mol. The monoisotopic (exact) mass is 228 g/mol. The molecule has 82 valence electrons. The Labute approximate surface area is 93.6 Å². The summed E-state index contributed by atoms with van der Waals surface area (Å²) in [6, 6.07) is 1.76. The SMILES string of the molecule is CCc1c(CCO)c(Cl)cc2c1OCO2. The first kappa shape index (κ1) is 10.6. The minimum absolute atomic E-state index is 0.0896. The standard InChI is InChI=1S/C11H13ClO3/c1-2-7-8(3-4-13)9(12)5-10-11(7)15-6-14-10/h5,13H,2-4,6H2,1H3. The van der Waals surface area contributed by atoms with E-state index in [1.54, 1.807) is 6.07 Å². The maximum atomic E-state index is 8.98. The van der Waals surface area contributed by atoms with Crippen LogP contribution in [0.4, 0.5) is 0 Å². The van der Waals surface area contributed by atoms with Crippen LogP contribution in [0.15, 0.2) is 6.07 Å². The molecular formula is C11H13ClO3. The third-order valence-electron chi connectivity index (χ3n) is 2.54. The van der Waals surface area contributed by atoms with Crippen LogP contribution < -0.4 is 9.47 Å². The molecule has 0 spiro atoms. The van der Waals surface area contributed by atoms with E-state index in [0.717, 1.165) is 23.3 Å². The van der Waals surface area contributed by atoms with E-state index in [0.29, 0.717) is 17.2 Å². The van der Waals surface area contributed by atoms with Crippen LogP contribution in [0.3, 0.4) is 0 Å². The molecule has 2 rings (SSSR count). The van der Waals surface area contributed by atoms with Gasteiger partial charge in [0, 0.05) is 23.3 Å². The molecule has 1 heterocycles. The van der Waals surface area contributed by atoms with Gasteiger partial charge < -0.3 is 14.6 Å². The Balaban J connectivity index is 2.53. The first-order valence-corrected chi connectivity index (χ1v) is 5.36. The number of hydrogen-bond acceptors (Lipinski definition) is 3. The van der Waals surface area contributed by atoms with E-state index in [2.05, 4.69) is 0 Å². The van der Waals surface area contributed by atoms with Crippen molar-refractivity contribution in [1.82, 2.24) is 0 Å². The van der Waals surface area contributed by atoms with Gasteiger partial charge in [-0.3, -0.25) is 0 Å². The summed E-state index contributed by atoms with van der Waals surface area (Å²) in [7, 11) is 0. The number of benzene rings is 1. The fraction of sp³-hybridized carbons (Fsp3) is 0.455. The molecule has 0 fully saturated rings. The third-order valence-corrected chi connectivity index (χ3v) is 2.88. The average Bonchev–Trinajstić information content (AvgIpc) is 2.66. The smallest absolute Gasteiger partial charge is 0.231 e. The largest absolute Gasteiger partial charge is 0.454 e. The maximum Gasteiger partial charge on any atom is 0.231 e. The van der Waals surface area contributed by atoms with Gasteiger partial charge in [0.1, 0.15) is 0 Å². The fourth-order valence-electron chi connectivity index (χ4n) is 1.87. The first-order valence-electron chi connectivity index (χ1n) is 4.98. The second kappa shape index (κ2) is 4.29. The Bertz CT molecular complexity index is 377. The number of rotatable bonds is 3. The number of ether oxygens (including phenoxy) is 2. The number of hydrogen-bond donors (Lipinski definition) is 1. The van der Waals surface area contributed by atoms with Crippen LogP contribution in [0.2, 0.25) is 5.02 Å². The molecule has 0 saturated heterocycles. The molecule has 15 heavy (non-hydrogen) atoms. The van der Waals surface area contributed by atoms with Crippen molar-refractivity contribution in [3.05, 3.63) is 22.2 Å². The van der Waals surface area contributed by atoms with Gasteiger partial charge in [0.05, 0.1) is 0 Å². The Morgan fingerprint density at radius 1 is 1.40 bits per heavy atom. The van der Waals surface area contributed by atoms with Crippen molar-refractivity contribution in [3.63, 3.8) is 0 Å².